The highest BCUT2D eigenvalue weighted by Crippen LogP contribution is 2.61. The first-order valence-corrected chi connectivity index (χ1v) is 5.78. The molecule has 2 aliphatic carbocycles. The Labute approximate surface area is 93.1 Å². The summed E-state index contributed by atoms with van der Waals surface area (Å²) in [5, 5.41) is 10.3. The summed E-state index contributed by atoms with van der Waals surface area (Å²) < 4.78 is 26.9. The minimum atomic E-state index is -0.832. The number of fused-ring (bicyclic) bond motifs is 1. The van der Waals surface area contributed by atoms with Gasteiger partial charge in [-0.3, -0.25) is 0 Å². The summed E-state index contributed by atoms with van der Waals surface area (Å²) in [5.74, 6) is -0.546. The van der Waals surface area contributed by atoms with Crippen LogP contribution in [0.2, 0.25) is 0 Å². The lowest BCUT2D eigenvalue weighted by atomic mass is 9.98. The molecular formula is C13H14F2O. The first-order valence-electron chi connectivity index (χ1n) is 5.78. The maximum Gasteiger partial charge on any atom is 0.129 e. The Bertz CT molecular complexity index is 400. The van der Waals surface area contributed by atoms with E-state index in [-0.39, 0.29) is 23.8 Å². The zero-order chi connectivity index (χ0) is 11.3. The molecule has 1 aromatic rings. The number of hydrogen-bond acceptors (Lipinski definition) is 1. The molecule has 0 saturated heterocycles. The highest BCUT2D eigenvalue weighted by Gasteiger charge is 2.65. The SMILES string of the molecule is OC1(Cc2c(F)cccc2F)C2CCCC21. The molecule has 0 heterocycles. The van der Waals surface area contributed by atoms with E-state index in [4.69, 9.17) is 0 Å². The summed E-state index contributed by atoms with van der Waals surface area (Å²) >= 11 is 0. The van der Waals surface area contributed by atoms with Gasteiger partial charge in [0.1, 0.15) is 11.6 Å². The van der Waals surface area contributed by atoms with Crippen molar-refractivity contribution in [1.29, 1.82) is 0 Å². The molecule has 0 amide bonds. The third kappa shape index (κ3) is 1.31. The van der Waals surface area contributed by atoms with Gasteiger partial charge in [-0.1, -0.05) is 12.5 Å². The van der Waals surface area contributed by atoms with Gasteiger partial charge in [-0.05, 0) is 36.8 Å². The van der Waals surface area contributed by atoms with Crippen LogP contribution in [0.15, 0.2) is 18.2 Å². The predicted octanol–water partition coefficient (Wildman–Crippen LogP) is 2.67. The van der Waals surface area contributed by atoms with E-state index in [9.17, 15) is 13.9 Å². The summed E-state index contributed by atoms with van der Waals surface area (Å²) in [7, 11) is 0. The van der Waals surface area contributed by atoms with Gasteiger partial charge in [0.2, 0.25) is 0 Å². The third-order valence-electron chi connectivity index (χ3n) is 4.21. The summed E-state index contributed by atoms with van der Waals surface area (Å²) in [4.78, 5) is 0. The van der Waals surface area contributed by atoms with Crippen molar-refractivity contribution in [2.24, 2.45) is 11.8 Å². The molecule has 2 unspecified atom stereocenters. The predicted molar refractivity (Wildman–Crippen MR) is 55.8 cm³/mol. The summed E-state index contributed by atoms with van der Waals surface area (Å²) in [6.45, 7) is 0. The summed E-state index contributed by atoms with van der Waals surface area (Å²) in [5.41, 5.74) is -0.791. The average molecular weight is 224 g/mol. The second kappa shape index (κ2) is 3.27. The van der Waals surface area contributed by atoms with E-state index in [0.29, 0.717) is 0 Å². The van der Waals surface area contributed by atoms with Crippen molar-refractivity contribution in [3.05, 3.63) is 35.4 Å². The van der Waals surface area contributed by atoms with Crippen molar-refractivity contribution in [1.82, 2.24) is 0 Å². The molecule has 2 atom stereocenters. The van der Waals surface area contributed by atoms with Crippen LogP contribution in [-0.4, -0.2) is 10.7 Å². The Balaban J connectivity index is 1.85. The minimum absolute atomic E-state index is 0.0411. The lowest BCUT2D eigenvalue weighted by molar-refractivity contribution is 0.104. The number of hydrogen-bond donors (Lipinski definition) is 1. The van der Waals surface area contributed by atoms with Crippen LogP contribution in [0.5, 0.6) is 0 Å². The second-order valence-electron chi connectivity index (χ2n) is 5.01. The van der Waals surface area contributed by atoms with Crippen LogP contribution >= 0.6 is 0 Å². The summed E-state index contributed by atoms with van der Waals surface area (Å²) in [6.07, 6.45) is 3.26. The molecule has 0 bridgehead atoms. The zero-order valence-electron chi connectivity index (χ0n) is 8.92. The van der Waals surface area contributed by atoms with Gasteiger partial charge in [0.15, 0.2) is 0 Å². The van der Waals surface area contributed by atoms with E-state index in [2.05, 4.69) is 0 Å². The molecule has 1 aromatic carbocycles. The molecule has 3 heteroatoms. The van der Waals surface area contributed by atoms with Crippen LogP contribution in [0.3, 0.4) is 0 Å². The van der Waals surface area contributed by atoms with E-state index in [1.807, 2.05) is 0 Å². The van der Waals surface area contributed by atoms with Crippen LogP contribution in [0.4, 0.5) is 8.78 Å². The molecule has 1 nitrogen and oxygen atoms in total. The third-order valence-corrected chi connectivity index (χ3v) is 4.21. The van der Waals surface area contributed by atoms with Crippen LogP contribution < -0.4 is 0 Å². The van der Waals surface area contributed by atoms with E-state index in [1.165, 1.54) is 18.2 Å². The molecule has 16 heavy (non-hydrogen) atoms. The van der Waals surface area contributed by atoms with Gasteiger partial charge in [-0.2, -0.15) is 0 Å². The van der Waals surface area contributed by atoms with Crippen molar-refractivity contribution >= 4 is 0 Å². The second-order valence-corrected chi connectivity index (χ2v) is 5.01. The molecule has 2 saturated carbocycles. The molecule has 0 radical (unpaired) electrons. The van der Waals surface area contributed by atoms with Crippen molar-refractivity contribution in [2.75, 3.05) is 0 Å². The fourth-order valence-corrected chi connectivity index (χ4v) is 3.29. The monoisotopic (exact) mass is 224 g/mol. The molecule has 2 fully saturated rings. The highest BCUT2D eigenvalue weighted by atomic mass is 19.1. The quantitative estimate of drug-likeness (QED) is 0.818. The van der Waals surface area contributed by atoms with E-state index < -0.39 is 17.2 Å². The van der Waals surface area contributed by atoms with Crippen molar-refractivity contribution in [2.45, 2.75) is 31.3 Å². The lowest BCUT2D eigenvalue weighted by Crippen LogP contribution is -2.20. The highest BCUT2D eigenvalue weighted by molar-refractivity contribution is 5.27. The first-order chi connectivity index (χ1) is 7.63. The van der Waals surface area contributed by atoms with Crippen LogP contribution in [0.1, 0.15) is 24.8 Å². The fourth-order valence-electron chi connectivity index (χ4n) is 3.29. The topological polar surface area (TPSA) is 20.2 Å². The van der Waals surface area contributed by atoms with Crippen molar-refractivity contribution < 1.29 is 13.9 Å². The molecular weight excluding hydrogens is 210 g/mol. The number of halogens is 2. The first kappa shape index (κ1) is 10.2. The normalized spacial score (nSPS) is 36.2. The molecule has 86 valence electrons. The number of rotatable bonds is 2. The maximum atomic E-state index is 13.4. The zero-order valence-corrected chi connectivity index (χ0v) is 8.92. The molecule has 0 spiro atoms. The average Bonchev–Trinajstić information content (AvgIpc) is 2.68. The van der Waals surface area contributed by atoms with Gasteiger partial charge in [0.25, 0.3) is 0 Å². The minimum Gasteiger partial charge on any atom is -0.389 e. The standard InChI is InChI=1S/C13H14F2O/c14-11-5-2-6-12(15)8(11)7-13(16)9-3-1-4-10(9)13/h2,5-6,9-10,16H,1,3-4,7H2. The van der Waals surface area contributed by atoms with Gasteiger partial charge >= 0.3 is 0 Å². The lowest BCUT2D eigenvalue weighted by Gasteiger charge is -2.15. The Morgan fingerprint density at radius 3 is 2.31 bits per heavy atom. The molecule has 1 N–H and O–H groups in total. The number of aliphatic hydroxyl groups is 1. The molecule has 0 aromatic heterocycles. The van der Waals surface area contributed by atoms with Gasteiger partial charge < -0.3 is 5.11 Å². The van der Waals surface area contributed by atoms with Gasteiger partial charge in [-0.25, -0.2) is 8.78 Å². The van der Waals surface area contributed by atoms with Crippen LogP contribution in [0, 0.1) is 23.5 Å². The Morgan fingerprint density at radius 1 is 1.19 bits per heavy atom. The Kier molecular flexibility index (Phi) is 2.08. The maximum absolute atomic E-state index is 13.4. The largest absolute Gasteiger partial charge is 0.389 e. The van der Waals surface area contributed by atoms with E-state index in [1.54, 1.807) is 0 Å². The summed E-state index contributed by atoms with van der Waals surface area (Å²) in [6, 6.07) is 3.85. The van der Waals surface area contributed by atoms with Crippen LogP contribution in [0.25, 0.3) is 0 Å². The van der Waals surface area contributed by atoms with Gasteiger partial charge in [-0.15, -0.1) is 0 Å². The smallest absolute Gasteiger partial charge is 0.129 e. The molecule has 2 aliphatic rings. The Hall–Kier alpha value is -0.960. The van der Waals surface area contributed by atoms with Crippen molar-refractivity contribution in [3.63, 3.8) is 0 Å². The van der Waals surface area contributed by atoms with Crippen molar-refractivity contribution in [3.8, 4) is 0 Å². The van der Waals surface area contributed by atoms with E-state index >= 15 is 0 Å². The van der Waals surface area contributed by atoms with Gasteiger partial charge in [0, 0.05) is 12.0 Å². The van der Waals surface area contributed by atoms with Crippen LogP contribution in [-0.2, 0) is 6.42 Å². The Morgan fingerprint density at radius 2 is 1.75 bits per heavy atom. The number of benzene rings is 1. The van der Waals surface area contributed by atoms with E-state index in [0.717, 1.165) is 19.3 Å². The van der Waals surface area contributed by atoms with Gasteiger partial charge in [0.05, 0.1) is 5.60 Å². The molecule has 0 aliphatic heterocycles. The fraction of sp³-hybridized carbons (Fsp3) is 0.538. The molecule has 3 rings (SSSR count).